The number of carbonyl (C=O) groups excluding carboxylic acids is 2. The van der Waals surface area contributed by atoms with Crippen molar-refractivity contribution >= 4 is 17.5 Å². The number of nitrogens with zero attached hydrogens (tertiary/aromatic N) is 3. The molecule has 1 N–H and O–H groups in total. The summed E-state index contributed by atoms with van der Waals surface area (Å²) in [7, 11) is 0. The number of hydrogen-bond donors (Lipinski definition) is 1. The quantitative estimate of drug-likeness (QED) is 0.785. The Kier molecular flexibility index (Phi) is 4.16. The van der Waals surface area contributed by atoms with E-state index in [1.165, 1.54) is 0 Å². The Bertz CT molecular complexity index is 964. The number of piperazine rings is 1. The van der Waals surface area contributed by atoms with E-state index in [-0.39, 0.29) is 11.8 Å². The van der Waals surface area contributed by atoms with Crippen molar-refractivity contribution in [2.45, 2.75) is 19.4 Å². The predicted molar refractivity (Wildman–Crippen MR) is 97.9 cm³/mol. The summed E-state index contributed by atoms with van der Waals surface area (Å²) in [5.41, 5.74) is 3.13. The zero-order chi connectivity index (χ0) is 18.1. The lowest BCUT2D eigenvalue weighted by Gasteiger charge is -2.34. The molecule has 4 rings (SSSR count). The van der Waals surface area contributed by atoms with Gasteiger partial charge in [-0.3, -0.25) is 9.59 Å². The number of imidazole rings is 1. The highest BCUT2D eigenvalue weighted by molar-refractivity contribution is 5.97. The number of fused-ring (bicyclic) bond motifs is 1. The third-order valence-corrected chi connectivity index (χ3v) is 4.78. The van der Waals surface area contributed by atoms with Crippen LogP contribution in [-0.2, 0) is 11.2 Å². The van der Waals surface area contributed by atoms with Gasteiger partial charge in [-0.25, -0.2) is 4.98 Å². The Morgan fingerprint density at radius 3 is 2.77 bits per heavy atom. The van der Waals surface area contributed by atoms with E-state index in [0.717, 1.165) is 16.9 Å². The van der Waals surface area contributed by atoms with E-state index in [1.807, 2.05) is 59.9 Å². The molecule has 1 fully saturated rings. The van der Waals surface area contributed by atoms with Crippen molar-refractivity contribution in [1.82, 2.24) is 19.6 Å². The Balaban J connectivity index is 1.65. The number of aryl methyl sites for hydroxylation is 1. The van der Waals surface area contributed by atoms with Crippen molar-refractivity contribution in [2.75, 3.05) is 13.1 Å². The SMILES string of the molecule is Cc1cccc2nc(C(=O)N3CCNC(=O)[C@@H]3Cc3ccccc3)cn12. The zero-order valence-electron chi connectivity index (χ0n) is 14.6. The molecule has 132 valence electrons. The van der Waals surface area contributed by atoms with Crippen LogP contribution in [0.3, 0.4) is 0 Å². The third kappa shape index (κ3) is 2.94. The summed E-state index contributed by atoms with van der Waals surface area (Å²) in [6.45, 7) is 2.91. The van der Waals surface area contributed by atoms with E-state index >= 15 is 0 Å². The monoisotopic (exact) mass is 348 g/mol. The Morgan fingerprint density at radius 2 is 2.00 bits per heavy atom. The third-order valence-electron chi connectivity index (χ3n) is 4.78. The molecular formula is C20H20N4O2. The maximum Gasteiger partial charge on any atom is 0.274 e. The van der Waals surface area contributed by atoms with Gasteiger partial charge in [0, 0.05) is 31.4 Å². The van der Waals surface area contributed by atoms with Gasteiger partial charge in [0.15, 0.2) is 0 Å². The van der Waals surface area contributed by atoms with Crippen LogP contribution in [0.2, 0.25) is 0 Å². The molecular weight excluding hydrogens is 328 g/mol. The van der Waals surface area contributed by atoms with E-state index < -0.39 is 6.04 Å². The first-order chi connectivity index (χ1) is 12.6. The van der Waals surface area contributed by atoms with E-state index in [4.69, 9.17) is 0 Å². The van der Waals surface area contributed by atoms with Crippen LogP contribution >= 0.6 is 0 Å². The fourth-order valence-corrected chi connectivity index (χ4v) is 3.40. The van der Waals surface area contributed by atoms with Gasteiger partial charge in [-0.15, -0.1) is 0 Å². The average Bonchev–Trinajstić information content (AvgIpc) is 3.09. The molecule has 0 saturated carbocycles. The van der Waals surface area contributed by atoms with Crippen LogP contribution in [0, 0.1) is 6.92 Å². The lowest BCUT2D eigenvalue weighted by atomic mass is 10.0. The molecule has 0 spiro atoms. The minimum atomic E-state index is -0.524. The van der Waals surface area contributed by atoms with Crippen LogP contribution in [0.25, 0.3) is 5.65 Å². The van der Waals surface area contributed by atoms with Crippen LogP contribution in [0.5, 0.6) is 0 Å². The molecule has 6 nitrogen and oxygen atoms in total. The zero-order valence-corrected chi connectivity index (χ0v) is 14.6. The van der Waals surface area contributed by atoms with E-state index in [2.05, 4.69) is 10.3 Å². The standard InChI is InChI=1S/C20H20N4O2/c1-14-6-5-9-18-22-16(13-24(14)18)20(26)23-11-10-21-19(25)17(23)12-15-7-3-2-4-8-15/h2-9,13,17H,10-12H2,1H3,(H,21,25)/t17-/m0/s1. The second kappa shape index (κ2) is 6.63. The molecule has 26 heavy (non-hydrogen) atoms. The van der Waals surface area contributed by atoms with Crippen LogP contribution in [0.1, 0.15) is 21.7 Å². The maximum absolute atomic E-state index is 13.1. The van der Waals surface area contributed by atoms with Gasteiger partial charge in [-0.1, -0.05) is 36.4 Å². The molecule has 0 radical (unpaired) electrons. The lowest BCUT2D eigenvalue weighted by Crippen LogP contribution is -2.58. The predicted octanol–water partition coefficient (Wildman–Crippen LogP) is 1.83. The van der Waals surface area contributed by atoms with Gasteiger partial charge >= 0.3 is 0 Å². The van der Waals surface area contributed by atoms with Crippen LogP contribution in [0.4, 0.5) is 0 Å². The molecule has 6 heteroatoms. The van der Waals surface area contributed by atoms with E-state index in [0.29, 0.717) is 25.2 Å². The highest BCUT2D eigenvalue weighted by Crippen LogP contribution is 2.17. The minimum Gasteiger partial charge on any atom is -0.353 e. The summed E-state index contributed by atoms with van der Waals surface area (Å²) >= 11 is 0. The van der Waals surface area contributed by atoms with Crippen molar-refractivity contribution in [3.8, 4) is 0 Å². The Hall–Kier alpha value is -3.15. The van der Waals surface area contributed by atoms with Gasteiger partial charge in [0.25, 0.3) is 5.91 Å². The Labute approximate surface area is 151 Å². The average molecular weight is 348 g/mol. The number of nitrogens with one attached hydrogen (secondary N) is 1. The Morgan fingerprint density at radius 1 is 1.19 bits per heavy atom. The summed E-state index contributed by atoms with van der Waals surface area (Å²) < 4.78 is 1.89. The fourth-order valence-electron chi connectivity index (χ4n) is 3.40. The first-order valence-corrected chi connectivity index (χ1v) is 8.71. The number of benzene rings is 1. The molecule has 1 aliphatic rings. The number of carbonyl (C=O) groups is 2. The van der Waals surface area contributed by atoms with Crippen molar-refractivity contribution in [1.29, 1.82) is 0 Å². The molecule has 3 heterocycles. The van der Waals surface area contributed by atoms with Gasteiger partial charge in [0.2, 0.25) is 5.91 Å². The molecule has 1 aromatic carbocycles. The smallest absolute Gasteiger partial charge is 0.274 e. The van der Waals surface area contributed by atoms with E-state index in [9.17, 15) is 9.59 Å². The highest BCUT2D eigenvalue weighted by atomic mass is 16.2. The largest absolute Gasteiger partial charge is 0.353 e. The molecule has 0 bridgehead atoms. The molecule has 2 amide bonds. The normalized spacial score (nSPS) is 17.3. The van der Waals surface area contributed by atoms with Gasteiger partial charge in [0.05, 0.1) is 0 Å². The second-order valence-electron chi connectivity index (χ2n) is 6.52. The molecule has 0 unspecified atom stereocenters. The molecule has 0 aliphatic carbocycles. The minimum absolute atomic E-state index is 0.117. The van der Waals surface area contributed by atoms with Gasteiger partial charge in [-0.05, 0) is 24.6 Å². The van der Waals surface area contributed by atoms with Gasteiger partial charge < -0.3 is 14.6 Å². The summed E-state index contributed by atoms with van der Waals surface area (Å²) in [6.07, 6.45) is 2.24. The van der Waals surface area contributed by atoms with Crippen molar-refractivity contribution in [2.24, 2.45) is 0 Å². The number of aromatic nitrogens is 2. The topological polar surface area (TPSA) is 66.7 Å². The van der Waals surface area contributed by atoms with Crippen LogP contribution < -0.4 is 5.32 Å². The van der Waals surface area contributed by atoms with Crippen molar-refractivity contribution in [3.05, 3.63) is 71.7 Å². The van der Waals surface area contributed by atoms with Gasteiger partial charge in [0.1, 0.15) is 17.4 Å². The van der Waals surface area contributed by atoms with Gasteiger partial charge in [-0.2, -0.15) is 0 Å². The fraction of sp³-hybridized carbons (Fsp3) is 0.250. The molecule has 1 aliphatic heterocycles. The summed E-state index contributed by atoms with van der Waals surface area (Å²) in [6, 6.07) is 15.0. The molecule has 1 atom stereocenters. The first-order valence-electron chi connectivity index (χ1n) is 8.71. The van der Waals surface area contributed by atoms with Crippen LogP contribution in [-0.4, -0.2) is 45.2 Å². The molecule has 3 aromatic rings. The van der Waals surface area contributed by atoms with Crippen molar-refractivity contribution < 1.29 is 9.59 Å². The van der Waals surface area contributed by atoms with E-state index in [1.54, 1.807) is 11.1 Å². The lowest BCUT2D eigenvalue weighted by molar-refractivity contribution is -0.127. The number of hydrogen-bond acceptors (Lipinski definition) is 3. The summed E-state index contributed by atoms with van der Waals surface area (Å²) in [4.78, 5) is 31.6. The first kappa shape index (κ1) is 16.3. The number of rotatable bonds is 3. The number of pyridine rings is 1. The van der Waals surface area contributed by atoms with Crippen LogP contribution in [0.15, 0.2) is 54.7 Å². The maximum atomic E-state index is 13.1. The summed E-state index contributed by atoms with van der Waals surface area (Å²) in [5, 5.41) is 2.87. The molecule has 1 saturated heterocycles. The number of amides is 2. The molecule has 2 aromatic heterocycles. The second-order valence-corrected chi connectivity index (χ2v) is 6.52. The van der Waals surface area contributed by atoms with Crippen molar-refractivity contribution in [3.63, 3.8) is 0 Å². The summed E-state index contributed by atoms with van der Waals surface area (Å²) in [5.74, 6) is -0.322. The highest BCUT2D eigenvalue weighted by Gasteiger charge is 2.34.